The third kappa shape index (κ3) is 2.12. The predicted octanol–water partition coefficient (Wildman–Crippen LogP) is 1.93. The molecule has 1 aliphatic rings. The Morgan fingerprint density at radius 1 is 1.32 bits per heavy atom. The van der Waals surface area contributed by atoms with Gasteiger partial charge in [0.15, 0.2) is 0 Å². The van der Waals surface area contributed by atoms with Gasteiger partial charge >= 0.3 is 0 Å². The number of hydrogen-bond donors (Lipinski definition) is 1. The molecule has 0 spiro atoms. The molecule has 0 amide bonds. The molecule has 0 radical (unpaired) electrons. The van der Waals surface area contributed by atoms with Crippen LogP contribution in [0.25, 0.3) is 5.69 Å². The third-order valence-electron chi connectivity index (χ3n) is 3.82. The van der Waals surface area contributed by atoms with Crippen molar-refractivity contribution in [3.8, 4) is 5.69 Å². The fourth-order valence-electron chi connectivity index (χ4n) is 2.55. The average molecular weight is 256 g/mol. The highest BCUT2D eigenvalue weighted by molar-refractivity contribution is 5.58. The van der Waals surface area contributed by atoms with Crippen LogP contribution in [0.1, 0.15) is 17.2 Å². The number of benzene rings is 1. The van der Waals surface area contributed by atoms with Gasteiger partial charge in [0.25, 0.3) is 0 Å². The molecule has 1 aromatic carbocycles. The van der Waals surface area contributed by atoms with Crippen LogP contribution in [-0.4, -0.2) is 36.7 Å². The van der Waals surface area contributed by atoms with E-state index in [1.807, 2.05) is 12.5 Å². The average Bonchev–Trinajstić information content (AvgIpc) is 2.76. The predicted molar refractivity (Wildman–Crippen MR) is 78.2 cm³/mol. The van der Waals surface area contributed by atoms with Crippen LogP contribution in [0, 0.1) is 6.92 Å². The summed E-state index contributed by atoms with van der Waals surface area (Å²) in [6.45, 7) is 4.25. The monoisotopic (exact) mass is 256 g/mol. The Balaban J connectivity index is 2.02. The van der Waals surface area contributed by atoms with Gasteiger partial charge in [-0.15, -0.1) is 0 Å². The molecule has 2 aromatic rings. The van der Waals surface area contributed by atoms with E-state index >= 15 is 0 Å². The van der Waals surface area contributed by atoms with E-state index in [9.17, 15) is 0 Å². The second-order valence-electron chi connectivity index (χ2n) is 5.41. The molecule has 1 aliphatic heterocycles. The molecule has 4 heteroatoms. The van der Waals surface area contributed by atoms with Crippen LogP contribution < -0.4 is 10.2 Å². The van der Waals surface area contributed by atoms with E-state index in [0.717, 1.165) is 13.1 Å². The van der Waals surface area contributed by atoms with Crippen molar-refractivity contribution in [2.45, 2.75) is 12.8 Å². The lowest BCUT2D eigenvalue weighted by molar-refractivity contribution is 0.435. The Hall–Kier alpha value is -1.81. The normalized spacial score (nSPS) is 15.3. The van der Waals surface area contributed by atoms with Gasteiger partial charge in [0, 0.05) is 56.4 Å². The van der Waals surface area contributed by atoms with Crippen molar-refractivity contribution < 1.29 is 0 Å². The summed E-state index contributed by atoms with van der Waals surface area (Å²) < 4.78 is 2.21. The summed E-state index contributed by atoms with van der Waals surface area (Å²) in [7, 11) is 4.16. The maximum absolute atomic E-state index is 4.32. The number of imidazole rings is 1. The Kier molecular flexibility index (Phi) is 3.03. The second-order valence-corrected chi connectivity index (χ2v) is 5.41. The zero-order valence-electron chi connectivity index (χ0n) is 11.7. The number of aryl methyl sites for hydroxylation is 1. The molecule has 1 N–H and O–H groups in total. The van der Waals surface area contributed by atoms with Gasteiger partial charge in [-0.05, 0) is 24.6 Å². The molecule has 1 fully saturated rings. The molecular formula is C15H20N4. The van der Waals surface area contributed by atoms with Crippen molar-refractivity contribution in [2.75, 3.05) is 32.1 Å². The van der Waals surface area contributed by atoms with E-state index in [4.69, 9.17) is 0 Å². The molecule has 19 heavy (non-hydrogen) atoms. The lowest BCUT2D eigenvalue weighted by Crippen LogP contribution is -2.40. The van der Waals surface area contributed by atoms with Crippen LogP contribution in [0.15, 0.2) is 30.7 Å². The van der Waals surface area contributed by atoms with Crippen LogP contribution in [0.4, 0.5) is 5.69 Å². The lowest BCUT2D eigenvalue weighted by atomic mass is 9.99. The molecule has 0 bridgehead atoms. The minimum atomic E-state index is 0.589. The number of anilines is 1. The largest absolute Gasteiger partial charge is 0.377 e. The lowest BCUT2D eigenvalue weighted by Gasteiger charge is -2.28. The summed E-state index contributed by atoms with van der Waals surface area (Å²) in [5.41, 5.74) is 5.03. The van der Waals surface area contributed by atoms with Crippen molar-refractivity contribution in [3.05, 3.63) is 42.0 Å². The zero-order valence-corrected chi connectivity index (χ0v) is 11.7. The quantitative estimate of drug-likeness (QED) is 0.911. The molecule has 2 heterocycles. The molecule has 100 valence electrons. The first-order chi connectivity index (χ1) is 9.16. The van der Waals surface area contributed by atoms with E-state index in [0.29, 0.717) is 5.92 Å². The third-order valence-corrected chi connectivity index (χ3v) is 3.82. The summed E-state index contributed by atoms with van der Waals surface area (Å²) in [6.07, 6.45) is 3.90. The van der Waals surface area contributed by atoms with Gasteiger partial charge in [-0.2, -0.15) is 0 Å². The van der Waals surface area contributed by atoms with Crippen molar-refractivity contribution >= 4 is 5.69 Å². The molecule has 0 aliphatic carbocycles. The van der Waals surface area contributed by atoms with E-state index in [2.05, 4.69) is 59.0 Å². The molecule has 0 unspecified atom stereocenters. The summed E-state index contributed by atoms with van der Waals surface area (Å²) in [5.74, 6) is 0.589. The molecular weight excluding hydrogens is 236 g/mol. The highest BCUT2D eigenvalue weighted by Gasteiger charge is 2.22. The minimum absolute atomic E-state index is 0.589. The van der Waals surface area contributed by atoms with Crippen LogP contribution in [0.3, 0.4) is 0 Å². The van der Waals surface area contributed by atoms with Gasteiger partial charge < -0.3 is 14.8 Å². The fourth-order valence-corrected chi connectivity index (χ4v) is 2.55. The van der Waals surface area contributed by atoms with E-state index < -0.39 is 0 Å². The number of nitrogens with zero attached hydrogens (tertiary/aromatic N) is 3. The molecule has 0 saturated carbocycles. The van der Waals surface area contributed by atoms with Gasteiger partial charge in [-0.25, -0.2) is 4.98 Å². The van der Waals surface area contributed by atoms with E-state index in [-0.39, 0.29) is 0 Å². The second kappa shape index (κ2) is 4.70. The van der Waals surface area contributed by atoms with E-state index in [1.54, 1.807) is 0 Å². The Bertz CT molecular complexity index is 582. The van der Waals surface area contributed by atoms with Crippen LogP contribution >= 0.6 is 0 Å². The summed E-state index contributed by atoms with van der Waals surface area (Å²) in [6, 6.07) is 6.57. The van der Waals surface area contributed by atoms with Gasteiger partial charge in [0.05, 0.1) is 6.33 Å². The van der Waals surface area contributed by atoms with Gasteiger partial charge in [0.2, 0.25) is 0 Å². The van der Waals surface area contributed by atoms with Gasteiger partial charge in [0.1, 0.15) is 0 Å². The van der Waals surface area contributed by atoms with Crippen LogP contribution in [0.5, 0.6) is 0 Å². The number of rotatable bonds is 3. The van der Waals surface area contributed by atoms with Gasteiger partial charge in [-0.1, -0.05) is 6.07 Å². The molecule has 0 atom stereocenters. The Labute approximate surface area is 114 Å². The maximum Gasteiger partial charge on any atom is 0.0994 e. The minimum Gasteiger partial charge on any atom is -0.377 e. The van der Waals surface area contributed by atoms with Crippen LogP contribution in [-0.2, 0) is 0 Å². The van der Waals surface area contributed by atoms with Crippen molar-refractivity contribution in [1.29, 1.82) is 0 Å². The van der Waals surface area contributed by atoms with Crippen molar-refractivity contribution in [2.24, 2.45) is 0 Å². The first-order valence-electron chi connectivity index (χ1n) is 6.68. The fraction of sp³-hybridized carbons (Fsp3) is 0.400. The molecule has 3 rings (SSSR count). The number of aromatic nitrogens is 2. The van der Waals surface area contributed by atoms with Crippen LogP contribution in [0.2, 0.25) is 0 Å². The molecule has 4 nitrogen and oxygen atoms in total. The number of hydrogen-bond acceptors (Lipinski definition) is 3. The summed E-state index contributed by atoms with van der Waals surface area (Å²) in [4.78, 5) is 6.47. The SMILES string of the molecule is Cc1ccc(-n2cncc2C2CNC2)cc1N(C)C. The first kappa shape index (κ1) is 12.2. The molecule has 1 saturated heterocycles. The highest BCUT2D eigenvalue weighted by Crippen LogP contribution is 2.26. The topological polar surface area (TPSA) is 33.1 Å². The Morgan fingerprint density at radius 3 is 2.74 bits per heavy atom. The van der Waals surface area contributed by atoms with Crippen molar-refractivity contribution in [3.63, 3.8) is 0 Å². The Morgan fingerprint density at radius 2 is 2.11 bits per heavy atom. The molecule has 1 aromatic heterocycles. The number of nitrogens with one attached hydrogen (secondary N) is 1. The van der Waals surface area contributed by atoms with Crippen molar-refractivity contribution in [1.82, 2.24) is 14.9 Å². The smallest absolute Gasteiger partial charge is 0.0994 e. The standard InChI is InChI=1S/C15H20N4/c1-11-4-5-13(6-14(11)18(2)3)19-10-17-9-15(19)12-7-16-8-12/h4-6,9-10,12,16H,7-8H2,1-3H3. The zero-order chi connectivity index (χ0) is 13.4. The maximum atomic E-state index is 4.32. The summed E-state index contributed by atoms with van der Waals surface area (Å²) >= 11 is 0. The highest BCUT2D eigenvalue weighted by atomic mass is 15.1. The summed E-state index contributed by atoms with van der Waals surface area (Å²) in [5, 5.41) is 3.32. The van der Waals surface area contributed by atoms with E-state index in [1.165, 1.54) is 22.6 Å². The first-order valence-corrected chi connectivity index (χ1v) is 6.68. The van der Waals surface area contributed by atoms with Gasteiger partial charge in [-0.3, -0.25) is 0 Å².